The molecule has 0 fully saturated rings. The normalized spacial score (nSPS) is 11.8. The third-order valence-electron chi connectivity index (χ3n) is 2.46. The first-order chi connectivity index (χ1) is 8.95. The van der Waals surface area contributed by atoms with Crippen LogP contribution in [-0.2, 0) is 10.0 Å². The van der Waals surface area contributed by atoms with E-state index in [1.807, 2.05) is 25.9 Å². The van der Waals surface area contributed by atoms with Crippen LogP contribution in [0.4, 0.5) is 0 Å². The van der Waals surface area contributed by atoms with Crippen LogP contribution in [0.15, 0.2) is 29.2 Å². The zero-order chi connectivity index (χ0) is 14.3. The molecule has 0 heterocycles. The molecule has 0 spiro atoms. The van der Waals surface area contributed by atoms with E-state index in [9.17, 15) is 8.42 Å². The molecule has 1 aromatic carbocycles. The Morgan fingerprint density at radius 2 is 1.84 bits per heavy atom. The van der Waals surface area contributed by atoms with Gasteiger partial charge in [0.05, 0.1) is 11.5 Å². The molecule has 0 aliphatic carbocycles. The highest BCUT2D eigenvalue weighted by Crippen LogP contribution is 2.15. The van der Waals surface area contributed by atoms with Crippen molar-refractivity contribution in [1.82, 2.24) is 9.62 Å². The molecule has 0 saturated heterocycles. The van der Waals surface area contributed by atoms with E-state index >= 15 is 0 Å². The van der Waals surface area contributed by atoms with E-state index in [0.717, 1.165) is 6.42 Å². The average molecular weight is 286 g/mol. The molecule has 0 unspecified atom stereocenters. The maximum Gasteiger partial charge on any atom is 0.240 e. The second-order valence-electron chi connectivity index (χ2n) is 4.52. The molecular formula is C13H22N2O3S. The number of benzene rings is 1. The minimum Gasteiger partial charge on any atom is -0.494 e. The lowest BCUT2D eigenvalue weighted by Gasteiger charge is -2.11. The van der Waals surface area contributed by atoms with E-state index in [0.29, 0.717) is 25.4 Å². The molecule has 108 valence electrons. The lowest BCUT2D eigenvalue weighted by molar-refractivity contribution is 0.317. The first-order valence-electron chi connectivity index (χ1n) is 6.33. The van der Waals surface area contributed by atoms with Gasteiger partial charge in [0.1, 0.15) is 5.75 Å². The van der Waals surface area contributed by atoms with Crippen molar-refractivity contribution in [2.24, 2.45) is 0 Å². The molecule has 0 bridgehead atoms. The number of likely N-dealkylation sites (N-methyl/N-ethyl adjacent to an activating group) is 1. The molecule has 0 aliphatic rings. The summed E-state index contributed by atoms with van der Waals surface area (Å²) in [6.07, 6.45) is 0.923. The molecule has 0 radical (unpaired) electrons. The topological polar surface area (TPSA) is 58.6 Å². The van der Waals surface area contributed by atoms with Crippen molar-refractivity contribution in [2.45, 2.75) is 18.2 Å². The summed E-state index contributed by atoms with van der Waals surface area (Å²) in [6.45, 7) is 3.71. The van der Waals surface area contributed by atoms with Crippen LogP contribution in [0.3, 0.4) is 0 Å². The lowest BCUT2D eigenvalue weighted by Crippen LogP contribution is -2.31. The van der Waals surface area contributed by atoms with Gasteiger partial charge >= 0.3 is 0 Å². The van der Waals surface area contributed by atoms with Crippen LogP contribution >= 0.6 is 0 Å². The number of hydrogen-bond acceptors (Lipinski definition) is 4. The van der Waals surface area contributed by atoms with Gasteiger partial charge in [-0.25, -0.2) is 13.1 Å². The number of rotatable bonds is 8. The van der Waals surface area contributed by atoms with Crippen LogP contribution in [-0.4, -0.2) is 47.1 Å². The third kappa shape index (κ3) is 5.59. The molecule has 1 rings (SSSR count). The van der Waals surface area contributed by atoms with Gasteiger partial charge in [0.15, 0.2) is 0 Å². The van der Waals surface area contributed by atoms with Crippen molar-refractivity contribution < 1.29 is 13.2 Å². The van der Waals surface area contributed by atoms with Crippen molar-refractivity contribution in [3.63, 3.8) is 0 Å². The molecule has 0 amide bonds. The highest BCUT2D eigenvalue weighted by Gasteiger charge is 2.13. The molecule has 1 N–H and O–H groups in total. The Balaban J connectivity index is 2.63. The van der Waals surface area contributed by atoms with Crippen molar-refractivity contribution in [2.75, 3.05) is 33.8 Å². The standard InChI is InChI=1S/C13H22N2O3S/c1-4-11-18-12-5-7-13(8-6-12)19(16,17)14-9-10-15(2)3/h5-8,14H,4,9-11H2,1-3H3. The van der Waals surface area contributed by atoms with Gasteiger partial charge in [-0.1, -0.05) is 6.92 Å². The summed E-state index contributed by atoms with van der Waals surface area (Å²) in [6, 6.07) is 6.47. The fourth-order valence-electron chi connectivity index (χ4n) is 1.42. The number of nitrogens with one attached hydrogen (secondary N) is 1. The molecule has 19 heavy (non-hydrogen) atoms. The molecule has 5 nitrogen and oxygen atoms in total. The first-order valence-corrected chi connectivity index (χ1v) is 7.81. The van der Waals surface area contributed by atoms with Crippen molar-refractivity contribution in [3.8, 4) is 5.75 Å². The Hall–Kier alpha value is -1.11. The monoisotopic (exact) mass is 286 g/mol. The number of hydrogen-bond donors (Lipinski definition) is 1. The molecular weight excluding hydrogens is 264 g/mol. The second-order valence-corrected chi connectivity index (χ2v) is 6.29. The molecule has 0 aromatic heterocycles. The fraction of sp³-hybridized carbons (Fsp3) is 0.538. The number of ether oxygens (including phenoxy) is 1. The number of nitrogens with zero attached hydrogens (tertiary/aromatic N) is 1. The van der Waals surface area contributed by atoms with Gasteiger partial charge in [-0.2, -0.15) is 0 Å². The summed E-state index contributed by atoms with van der Waals surface area (Å²) in [5.74, 6) is 0.689. The Labute approximate surface area is 115 Å². The van der Waals surface area contributed by atoms with Crippen LogP contribution in [0.5, 0.6) is 5.75 Å². The van der Waals surface area contributed by atoms with E-state index in [-0.39, 0.29) is 4.90 Å². The largest absolute Gasteiger partial charge is 0.494 e. The predicted octanol–water partition coefficient (Wildman–Crippen LogP) is 1.32. The average Bonchev–Trinajstić information content (AvgIpc) is 2.36. The van der Waals surface area contributed by atoms with Crippen LogP contribution < -0.4 is 9.46 Å². The second kappa shape index (κ2) is 7.47. The highest BCUT2D eigenvalue weighted by molar-refractivity contribution is 7.89. The molecule has 0 atom stereocenters. The Morgan fingerprint density at radius 3 is 2.37 bits per heavy atom. The SMILES string of the molecule is CCCOc1ccc(S(=O)(=O)NCCN(C)C)cc1. The molecule has 1 aromatic rings. The van der Waals surface area contributed by atoms with Gasteiger partial charge in [0.2, 0.25) is 10.0 Å². The number of sulfonamides is 1. The van der Waals surface area contributed by atoms with Gasteiger partial charge in [0, 0.05) is 13.1 Å². The minimum atomic E-state index is -3.43. The molecule has 6 heteroatoms. The van der Waals surface area contributed by atoms with Crippen LogP contribution in [0.2, 0.25) is 0 Å². The predicted molar refractivity (Wildman–Crippen MR) is 76.0 cm³/mol. The summed E-state index contributed by atoms with van der Waals surface area (Å²) in [4.78, 5) is 2.18. The Morgan fingerprint density at radius 1 is 1.21 bits per heavy atom. The van der Waals surface area contributed by atoms with Gasteiger partial charge < -0.3 is 9.64 Å². The molecule has 0 saturated carbocycles. The van der Waals surface area contributed by atoms with Crippen LogP contribution in [0.25, 0.3) is 0 Å². The molecule has 0 aliphatic heterocycles. The van der Waals surface area contributed by atoms with Crippen molar-refractivity contribution in [1.29, 1.82) is 0 Å². The van der Waals surface area contributed by atoms with Crippen molar-refractivity contribution in [3.05, 3.63) is 24.3 Å². The van der Waals surface area contributed by atoms with E-state index < -0.39 is 10.0 Å². The Kier molecular flexibility index (Phi) is 6.27. The summed E-state index contributed by atoms with van der Waals surface area (Å²) >= 11 is 0. The lowest BCUT2D eigenvalue weighted by atomic mass is 10.3. The zero-order valence-electron chi connectivity index (χ0n) is 11.7. The third-order valence-corrected chi connectivity index (χ3v) is 3.93. The minimum absolute atomic E-state index is 0.259. The Bertz CT molecular complexity index is 469. The summed E-state index contributed by atoms with van der Waals surface area (Å²) in [7, 11) is 0.369. The maximum atomic E-state index is 12.0. The smallest absolute Gasteiger partial charge is 0.240 e. The quantitative estimate of drug-likeness (QED) is 0.783. The van der Waals surface area contributed by atoms with Gasteiger partial charge in [-0.05, 0) is 44.8 Å². The van der Waals surface area contributed by atoms with E-state index in [1.165, 1.54) is 0 Å². The summed E-state index contributed by atoms with van der Waals surface area (Å²) in [5.41, 5.74) is 0. The van der Waals surface area contributed by atoms with E-state index in [1.54, 1.807) is 24.3 Å². The van der Waals surface area contributed by atoms with Crippen LogP contribution in [0, 0.1) is 0 Å². The highest BCUT2D eigenvalue weighted by atomic mass is 32.2. The van der Waals surface area contributed by atoms with Gasteiger partial charge in [-0.3, -0.25) is 0 Å². The van der Waals surface area contributed by atoms with Gasteiger partial charge in [-0.15, -0.1) is 0 Å². The maximum absolute atomic E-state index is 12.0. The summed E-state index contributed by atoms with van der Waals surface area (Å²) in [5, 5.41) is 0. The van der Waals surface area contributed by atoms with E-state index in [2.05, 4.69) is 4.72 Å². The zero-order valence-corrected chi connectivity index (χ0v) is 12.5. The van der Waals surface area contributed by atoms with Gasteiger partial charge in [0.25, 0.3) is 0 Å². The first kappa shape index (κ1) is 15.9. The van der Waals surface area contributed by atoms with Crippen LogP contribution in [0.1, 0.15) is 13.3 Å². The summed E-state index contributed by atoms with van der Waals surface area (Å²) < 4.78 is 31.9. The van der Waals surface area contributed by atoms with E-state index in [4.69, 9.17) is 4.74 Å². The van der Waals surface area contributed by atoms with Crippen molar-refractivity contribution >= 4 is 10.0 Å². The fourth-order valence-corrected chi connectivity index (χ4v) is 2.44.